The fourth-order valence-corrected chi connectivity index (χ4v) is 6.00. The van der Waals surface area contributed by atoms with E-state index in [1.807, 2.05) is 13.8 Å². The van der Waals surface area contributed by atoms with Gasteiger partial charge in [-0.1, -0.05) is 13.8 Å². The molecule has 1 saturated heterocycles. The van der Waals surface area contributed by atoms with Crippen LogP contribution in [0, 0.1) is 17.7 Å². The first-order valence-corrected chi connectivity index (χ1v) is 12.8. The second-order valence-electron chi connectivity index (χ2n) is 9.04. The van der Waals surface area contributed by atoms with E-state index in [4.69, 9.17) is 4.74 Å². The lowest BCUT2D eigenvalue weighted by Crippen LogP contribution is -2.42. The number of piperidine rings is 1. The van der Waals surface area contributed by atoms with E-state index in [9.17, 15) is 22.4 Å². The summed E-state index contributed by atoms with van der Waals surface area (Å²) in [5, 5.41) is 0. The van der Waals surface area contributed by atoms with Gasteiger partial charge in [-0.3, -0.25) is 4.79 Å². The van der Waals surface area contributed by atoms with Crippen LogP contribution >= 0.6 is 0 Å². The lowest BCUT2D eigenvalue weighted by molar-refractivity contribution is 0.0734. The Morgan fingerprint density at radius 1 is 0.800 bits per heavy atom. The second-order valence-corrected chi connectivity index (χ2v) is 11.0. The molecule has 1 aliphatic rings. The summed E-state index contributed by atoms with van der Waals surface area (Å²) in [6.45, 7) is 5.05. The third-order valence-corrected chi connectivity index (χ3v) is 7.84. The summed E-state index contributed by atoms with van der Waals surface area (Å²) in [6.07, 6.45) is 0.998. The van der Waals surface area contributed by atoms with Gasteiger partial charge < -0.3 is 4.74 Å². The smallest absolute Gasteiger partial charge is 0.343 e. The summed E-state index contributed by atoms with van der Waals surface area (Å²) in [4.78, 5) is 25.2. The van der Waals surface area contributed by atoms with Crippen LogP contribution in [0.3, 0.4) is 0 Å². The fraction of sp³-hybridized carbons (Fsp3) is 0.259. The zero-order valence-corrected chi connectivity index (χ0v) is 20.3. The van der Waals surface area contributed by atoms with Crippen molar-refractivity contribution >= 4 is 21.8 Å². The van der Waals surface area contributed by atoms with E-state index in [1.165, 1.54) is 77.1 Å². The van der Waals surface area contributed by atoms with Crippen LogP contribution in [0.1, 0.15) is 46.5 Å². The molecule has 0 radical (unpaired) electrons. The second kappa shape index (κ2) is 10.1. The molecule has 182 valence electrons. The Hall–Kier alpha value is -3.36. The number of hydrogen-bond acceptors (Lipinski definition) is 5. The Morgan fingerprint density at radius 2 is 1.29 bits per heavy atom. The van der Waals surface area contributed by atoms with Crippen LogP contribution in [0.5, 0.6) is 5.75 Å². The highest BCUT2D eigenvalue weighted by molar-refractivity contribution is 7.89. The third kappa shape index (κ3) is 5.66. The van der Waals surface area contributed by atoms with Crippen LogP contribution in [0.25, 0.3) is 0 Å². The molecule has 0 amide bonds. The number of benzene rings is 3. The van der Waals surface area contributed by atoms with Crippen LogP contribution in [0.15, 0.2) is 77.7 Å². The van der Waals surface area contributed by atoms with Crippen LogP contribution in [-0.2, 0) is 10.0 Å². The maximum atomic E-state index is 13.1. The van der Waals surface area contributed by atoms with Gasteiger partial charge in [0, 0.05) is 24.2 Å². The third-order valence-electron chi connectivity index (χ3n) is 6.00. The molecule has 0 aliphatic carbocycles. The molecule has 2 unspecified atom stereocenters. The molecule has 6 nitrogen and oxygen atoms in total. The number of ketones is 1. The maximum Gasteiger partial charge on any atom is 0.343 e. The number of ether oxygens (including phenoxy) is 1. The normalized spacial score (nSPS) is 18.7. The predicted octanol–water partition coefficient (Wildman–Crippen LogP) is 4.94. The number of esters is 1. The predicted molar refractivity (Wildman–Crippen MR) is 129 cm³/mol. The van der Waals surface area contributed by atoms with Gasteiger partial charge in [0.15, 0.2) is 5.78 Å². The molecule has 1 aliphatic heterocycles. The van der Waals surface area contributed by atoms with Crippen LogP contribution in [-0.4, -0.2) is 37.6 Å². The molecule has 3 aromatic rings. The van der Waals surface area contributed by atoms with Crippen molar-refractivity contribution in [3.8, 4) is 5.75 Å². The van der Waals surface area contributed by atoms with Crippen molar-refractivity contribution in [2.24, 2.45) is 11.8 Å². The molecule has 2 atom stereocenters. The van der Waals surface area contributed by atoms with E-state index in [0.29, 0.717) is 36.1 Å². The Morgan fingerprint density at radius 3 is 1.83 bits per heavy atom. The largest absolute Gasteiger partial charge is 0.423 e. The van der Waals surface area contributed by atoms with E-state index in [2.05, 4.69) is 0 Å². The van der Waals surface area contributed by atoms with Crippen LogP contribution in [0.2, 0.25) is 0 Å². The number of sulfonamides is 1. The standard InChI is InChI=1S/C27H26FNO5S/c1-18-15-19(2)17-29(16-18)35(32,33)25-13-7-22(8-14-25)27(31)34-24-11-5-21(6-12-24)26(30)20-3-9-23(28)10-4-20/h3-14,18-19H,15-17H2,1-2H3. The molecule has 8 heteroatoms. The Kier molecular flexibility index (Phi) is 7.14. The van der Waals surface area contributed by atoms with Crippen LogP contribution < -0.4 is 4.74 Å². The highest BCUT2D eigenvalue weighted by atomic mass is 32.2. The van der Waals surface area contributed by atoms with Crippen molar-refractivity contribution in [3.63, 3.8) is 0 Å². The minimum absolute atomic E-state index is 0.138. The van der Waals surface area contributed by atoms with Gasteiger partial charge in [0.05, 0.1) is 10.5 Å². The van der Waals surface area contributed by atoms with Crippen molar-refractivity contribution in [1.29, 1.82) is 0 Å². The van der Waals surface area contributed by atoms with E-state index in [1.54, 1.807) is 0 Å². The summed E-state index contributed by atoms with van der Waals surface area (Å²) < 4.78 is 46.0. The van der Waals surface area contributed by atoms with Crippen molar-refractivity contribution in [2.45, 2.75) is 25.2 Å². The zero-order chi connectivity index (χ0) is 25.2. The van der Waals surface area contributed by atoms with Crippen molar-refractivity contribution in [1.82, 2.24) is 4.31 Å². The topological polar surface area (TPSA) is 80.8 Å². The Balaban J connectivity index is 1.42. The van der Waals surface area contributed by atoms with Crippen molar-refractivity contribution < 1.29 is 27.1 Å². The number of halogens is 1. The summed E-state index contributed by atoms with van der Waals surface area (Å²) in [6, 6.07) is 17.0. The summed E-state index contributed by atoms with van der Waals surface area (Å²) in [5.41, 5.74) is 0.919. The SMILES string of the molecule is CC1CC(C)CN(S(=O)(=O)c2ccc(C(=O)Oc3ccc(C(=O)c4ccc(F)cc4)cc3)cc2)C1. The Labute approximate surface area is 204 Å². The van der Waals surface area contributed by atoms with Gasteiger partial charge in [0.25, 0.3) is 0 Å². The molecule has 1 heterocycles. The Bertz CT molecular complexity index is 1310. The number of carbonyl (C=O) groups excluding carboxylic acids is 2. The molecule has 0 N–H and O–H groups in total. The van der Waals surface area contributed by atoms with Gasteiger partial charge in [0.1, 0.15) is 11.6 Å². The monoisotopic (exact) mass is 495 g/mol. The molecule has 35 heavy (non-hydrogen) atoms. The molecule has 1 fully saturated rings. The molecule has 0 spiro atoms. The fourth-order valence-electron chi connectivity index (χ4n) is 4.32. The van der Waals surface area contributed by atoms with E-state index in [-0.39, 0.29) is 22.0 Å². The highest BCUT2D eigenvalue weighted by Crippen LogP contribution is 2.27. The molecule has 4 rings (SSSR count). The van der Waals surface area contributed by atoms with Gasteiger partial charge in [-0.15, -0.1) is 0 Å². The quantitative estimate of drug-likeness (QED) is 0.275. The number of hydrogen-bond donors (Lipinski definition) is 0. The molecular formula is C27H26FNO5S. The first kappa shape index (κ1) is 24.8. The average molecular weight is 496 g/mol. The maximum absolute atomic E-state index is 13.1. The minimum Gasteiger partial charge on any atom is -0.423 e. The van der Waals surface area contributed by atoms with Gasteiger partial charge in [-0.2, -0.15) is 4.31 Å². The van der Waals surface area contributed by atoms with E-state index < -0.39 is 21.8 Å². The number of nitrogens with zero attached hydrogens (tertiary/aromatic N) is 1. The molecule has 0 aromatic heterocycles. The summed E-state index contributed by atoms with van der Waals surface area (Å²) >= 11 is 0. The molecule has 3 aromatic carbocycles. The lowest BCUT2D eigenvalue weighted by atomic mass is 9.94. The summed E-state index contributed by atoms with van der Waals surface area (Å²) in [5.74, 6) is -0.534. The van der Waals surface area contributed by atoms with Gasteiger partial charge in [-0.05, 0) is 91.1 Å². The summed E-state index contributed by atoms with van der Waals surface area (Å²) in [7, 11) is -3.64. The highest BCUT2D eigenvalue weighted by Gasteiger charge is 2.31. The van der Waals surface area contributed by atoms with E-state index in [0.717, 1.165) is 6.42 Å². The number of rotatable bonds is 6. The zero-order valence-electron chi connectivity index (χ0n) is 19.5. The first-order chi connectivity index (χ1) is 16.6. The first-order valence-electron chi connectivity index (χ1n) is 11.4. The van der Waals surface area contributed by atoms with Crippen molar-refractivity contribution in [3.05, 3.63) is 95.3 Å². The van der Waals surface area contributed by atoms with Crippen molar-refractivity contribution in [2.75, 3.05) is 13.1 Å². The lowest BCUT2D eigenvalue weighted by Gasteiger charge is -2.34. The molecule has 0 saturated carbocycles. The minimum atomic E-state index is -3.64. The van der Waals surface area contributed by atoms with Gasteiger partial charge in [0.2, 0.25) is 10.0 Å². The van der Waals surface area contributed by atoms with Gasteiger partial charge in [-0.25, -0.2) is 17.6 Å². The molecule has 0 bridgehead atoms. The van der Waals surface area contributed by atoms with Gasteiger partial charge >= 0.3 is 5.97 Å². The molecular weight excluding hydrogens is 469 g/mol. The van der Waals surface area contributed by atoms with Crippen LogP contribution in [0.4, 0.5) is 4.39 Å². The van der Waals surface area contributed by atoms with E-state index >= 15 is 0 Å². The average Bonchev–Trinajstić information content (AvgIpc) is 2.84. The number of carbonyl (C=O) groups is 2.